The van der Waals surface area contributed by atoms with Crippen molar-refractivity contribution in [1.29, 1.82) is 0 Å². The van der Waals surface area contributed by atoms with Crippen LogP contribution >= 0.6 is 11.3 Å². The molecule has 0 saturated heterocycles. The maximum atomic E-state index is 10.6. The minimum Gasteiger partial charge on any atom is -0.487 e. The number of carboxylic acids is 1. The van der Waals surface area contributed by atoms with E-state index in [-0.39, 0.29) is 0 Å². The first-order valence-electron chi connectivity index (χ1n) is 6.65. The SMILES string of the molecule is Cc1cc(C)c(OCc2sccc2C=CC(=O)O)c(C)c1. The van der Waals surface area contributed by atoms with E-state index in [2.05, 4.69) is 19.1 Å². The van der Waals surface area contributed by atoms with Crippen molar-refractivity contribution in [2.45, 2.75) is 27.4 Å². The Kier molecular flexibility index (Phi) is 4.81. The zero-order chi connectivity index (χ0) is 15.4. The van der Waals surface area contributed by atoms with Gasteiger partial charge >= 0.3 is 5.97 Å². The van der Waals surface area contributed by atoms with Crippen LogP contribution in [0.1, 0.15) is 27.1 Å². The highest BCUT2D eigenvalue weighted by Crippen LogP contribution is 2.27. The molecule has 2 rings (SSSR count). The number of carbonyl (C=O) groups is 1. The third-order valence-electron chi connectivity index (χ3n) is 3.14. The number of thiophene rings is 1. The largest absolute Gasteiger partial charge is 0.487 e. The van der Waals surface area contributed by atoms with Crippen molar-refractivity contribution in [2.75, 3.05) is 0 Å². The van der Waals surface area contributed by atoms with Gasteiger partial charge in [0.25, 0.3) is 0 Å². The molecule has 0 bridgehead atoms. The smallest absolute Gasteiger partial charge is 0.328 e. The Morgan fingerprint density at radius 3 is 2.57 bits per heavy atom. The number of hydrogen-bond donors (Lipinski definition) is 1. The number of hydrogen-bond acceptors (Lipinski definition) is 3. The van der Waals surface area contributed by atoms with Gasteiger partial charge in [-0.1, -0.05) is 17.7 Å². The molecule has 0 amide bonds. The summed E-state index contributed by atoms with van der Waals surface area (Å²) in [6.45, 7) is 6.59. The van der Waals surface area contributed by atoms with Crippen molar-refractivity contribution in [2.24, 2.45) is 0 Å². The average Bonchev–Trinajstić information content (AvgIpc) is 2.82. The van der Waals surface area contributed by atoms with Gasteiger partial charge in [0.05, 0.1) is 0 Å². The van der Waals surface area contributed by atoms with Crippen molar-refractivity contribution in [1.82, 2.24) is 0 Å². The fraction of sp³-hybridized carbons (Fsp3) is 0.235. The zero-order valence-corrected chi connectivity index (χ0v) is 13.2. The first-order valence-corrected chi connectivity index (χ1v) is 7.53. The third kappa shape index (κ3) is 3.95. The van der Waals surface area contributed by atoms with Crippen molar-refractivity contribution in [3.8, 4) is 5.75 Å². The van der Waals surface area contributed by atoms with Crippen LogP contribution in [0.2, 0.25) is 0 Å². The summed E-state index contributed by atoms with van der Waals surface area (Å²) in [4.78, 5) is 11.6. The standard InChI is InChI=1S/C17H18O3S/c1-11-8-12(2)17(13(3)9-11)20-10-15-14(6-7-21-15)4-5-16(18)19/h4-9H,10H2,1-3H3,(H,18,19). The van der Waals surface area contributed by atoms with E-state index >= 15 is 0 Å². The lowest BCUT2D eigenvalue weighted by Crippen LogP contribution is -1.99. The molecule has 1 heterocycles. The first kappa shape index (κ1) is 15.3. The van der Waals surface area contributed by atoms with E-state index in [0.717, 1.165) is 33.4 Å². The van der Waals surface area contributed by atoms with E-state index in [1.807, 2.05) is 25.3 Å². The zero-order valence-electron chi connectivity index (χ0n) is 12.3. The molecule has 3 nitrogen and oxygen atoms in total. The number of aryl methyl sites for hydroxylation is 3. The minimum atomic E-state index is -0.946. The van der Waals surface area contributed by atoms with Crippen LogP contribution in [0.15, 0.2) is 29.7 Å². The molecule has 2 aromatic rings. The number of rotatable bonds is 5. The Morgan fingerprint density at radius 1 is 1.29 bits per heavy atom. The Hall–Kier alpha value is -2.07. The number of aliphatic carboxylic acids is 1. The molecule has 0 aliphatic rings. The maximum absolute atomic E-state index is 10.6. The maximum Gasteiger partial charge on any atom is 0.328 e. The molecule has 0 aliphatic carbocycles. The lowest BCUT2D eigenvalue weighted by Gasteiger charge is -2.13. The van der Waals surface area contributed by atoms with Gasteiger partial charge in [0.2, 0.25) is 0 Å². The van der Waals surface area contributed by atoms with Crippen molar-refractivity contribution < 1.29 is 14.6 Å². The van der Waals surface area contributed by atoms with Crippen molar-refractivity contribution in [3.05, 3.63) is 56.8 Å². The van der Waals surface area contributed by atoms with E-state index in [1.165, 1.54) is 5.56 Å². The van der Waals surface area contributed by atoms with Crippen molar-refractivity contribution in [3.63, 3.8) is 0 Å². The molecule has 0 atom stereocenters. The van der Waals surface area contributed by atoms with Gasteiger partial charge in [-0.05, 0) is 55.0 Å². The molecule has 110 valence electrons. The van der Waals surface area contributed by atoms with Gasteiger partial charge in [0.1, 0.15) is 12.4 Å². The van der Waals surface area contributed by atoms with Crippen LogP contribution in [-0.2, 0) is 11.4 Å². The molecule has 21 heavy (non-hydrogen) atoms. The van der Waals surface area contributed by atoms with Gasteiger partial charge in [-0.15, -0.1) is 11.3 Å². The fourth-order valence-corrected chi connectivity index (χ4v) is 3.09. The van der Waals surface area contributed by atoms with E-state index in [1.54, 1.807) is 17.4 Å². The van der Waals surface area contributed by atoms with Crippen molar-refractivity contribution >= 4 is 23.4 Å². The number of benzene rings is 1. The summed E-state index contributed by atoms with van der Waals surface area (Å²) in [7, 11) is 0. The molecule has 0 fully saturated rings. The molecule has 1 aromatic heterocycles. The quantitative estimate of drug-likeness (QED) is 0.835. The molecule has 0 radical (unpaired) electrons. The highest BCUT2D eigenvalue weighted by atomic mass is 32.1. The highest BCUT2D eigenvalue weighted by molar-refractivity contribution is 7.10. The Labute approximate surface area is 128 Å². The van der Waals surface area contributed by atoms with Crippen LogP contribution in [0.25, 0.3) is 6.08 Å². The summed E-state index contributed by atoms with van der Waals surface area (Å²) in [5.74, 6) is -0.0412. The Bertz CT molecular complexity index is 660. The Balaban J connectivity index is 2.14. The summed E-state index contributed by atoms with van der Waals surface area (Å²) in [5, 5.41) is 10.6. The van der Waals surface area contributed by atoms with Crippen LogP contribution in [0.3, 0.4) is 0 Å². The molecule has 0 spiro atoms. The first-order chi connectivity index (χ1) is 9.97. The van der Waals surface area contributed by atoms with E-state index in [9.17, 15) is 4.79 Å². The van der Waals surface area contributed by atoms with Gasteiger partial charge in [0, 0.05) is 11.0 Å². The molecule has 1 N–H and O–H groups in total. The molecular weight excluding hydrogens is 284 g/mol. The molecule has 4 heteroatoms. The monoisotopic (exact) mass is 302 g/mol. The predicted molar refractivity (Wildman–Crippen MR) is 86.0 cm³/mol. The molecule has 0 unspecified atom stereocenters. The predicted octanol–water partition coefficient (Wildman–Crippen LogP) is 4.35. The lowest BCUT2D eigenvalue weighted by molar-refractivity contribution is -0.131. The highest BCUT2D eigenvalue weighted by Gasteiger charge is 2.08. The van der Waals surface area contributed by atoms with E-state index in [4.69, 9.17) is 9.84 Å². The number of ether oxygens (including phenoxy) is 1. The van der Waals surface area contributed by atoms with Gasteiger partial charge in [0.15, 0.2) is 0 Å². The molecule has 0 aliphatic heterocycles. The summed E-state index contributed by atoms with van der Waals surface area (Å²) < 4.78 is 5.94. The lowest BCUT2D eigenvalue weighted by atomic mass is 10.1. The number of carboxylic acid groups (broad SMARTS) is 1. The van der Waals surface area contributed by atoms with E-state index in [0.29, 0.717) is 6.61 Å². The van der Waals surface area contributed by atoms with Gasteiger partial charge in [-0.25, -0.2) is 4.79 Å². The molecule has 1 aromatic carbocycles. The van der Waals surface area contributed by atoms with Crippen LogP contribution in [-0.4, -0.2) is 11.1 Å². The van der Waals surface area contributed by atoms with Gasteiger partial charge < -0.3 is 9.84 Å². The Morgan fingerprint density at radius 2 is 1.95 bits per heavy atom. The summed E-state index contributed by atoms with van der Waals surface area (Å²) in [6, 6.07) is 6.10. The van der Waals surface area contributed by atoms with Crippen LogP contribution in [0.5, 0.6) is 5.75 Å². The second kappa shape index (κ2) is 6.59. The van der Waals surface area contributed by atoms with Crippen LogP contribution < -0.4 is 4.74 Å². The van der Waals surface area contributed by atoms with Gasteiger partial charge in [-0.2, -0.15) is 0 Å². The molecule has 0 saturated carbocycles. The second-order valence-electron chi connectivity index (χ2n) is 4.99. The summed E-state index contributed by atoms with van der Waals surface area (Å²) in [6.07, 6.45) is 2.75. The average molecular weight is 302 g/mol. The fourth-order valence-electron chi connectivity index (χ4n) is 2.31. The second-order valence-corrected chi connectivity index (χ2v) is 5.99. The summed E-state index contributed by atoms with van der Waals surface area (Å²) >= 11 is 1.57. The minimum absolute atomic E-state index is 0.446. The van der Waals surface area contributed by atoms with Crippen LogP contribution in [0.4, 0.5) is 0 Å². The third-order valence-corrected chi connectivity index (χ3v) is 4.05. The topological polar surface area (TPSA) is 46.5 Å². The van der Waals surface area contributed by atoms with Gasteiger partial charge in [-0.3, -0.25) is 0 Å². The summed E-state index contributed by atoms with van der Waals surface area (Å²) in [5.41, 5.74) is 4.35. The normalized spacial score (nSPS) is 11.0. The molecular formula is C17H18O3S. The van der Waals surface area contributed by atoms with Crippen LogP contribution in [0, 0.1) is 20.8 Å². The van der Waals surface area contributed by atoms with E-state index < -0.39 is 5.97 Å².